The van der Waals surface area contributed by atoms with Crippen molar-refractivity contribution in [3.8, 4) is 9.75 Å². The minimum Gasteiger partial charge on any atom is -0.298 e. The maximum Gasteiger partial charge on any atom is 0.161 e. The van der Waals surface area contributed by atoms with Gasteiger partial charge in [-0.3, -0.25) is 9.59 Å². The molecular weight excluding hydrogens is 228 g/mol. The summed E-state index contributed by atoms with van der Waals surface area (Å²) in [5.41, 5.74) is 1.05. The van der Waals surface area contributed by atoms with Crippen LogP contribution in [0.15, 0.2) is 22.9 Å². The van der Waals surface area contributed by atoms with Crippen molar-refractivity contribution < 1.29 is 9.59 Å². The second-order valence-electron chi connectivity index (χ2n) is 3.04. The quantitative estimate of drug-likeness (QED) is 0.604. The Morgan fingerprint density at radius 2 is 2.20 bits per heavy atom. The Morgan fingerprint density at radius 3 is 2.73 bits per heavy atom. The van der Waals surface area contributed by atoms with E-state index >= 15 is 0 Å². The SMILES string of the molecule is CC(=O)c1csc(-c2cccs2)c1C=O. The van der Waals surface area contributed by atoms with Crippen molar-refractivity contribution in [1.82, 2.24) is 0 Å². The molecule has 0 aliphatic heterocycles. The highest BCUT2D eigenvalue weighted by atomic mass is 32.1. The maximum absolute atomic E-state index is 11.3. The number of thiophene rings is 2. The molecule has 0 aliphatic rings. The summed E-state index contributed by atoms with van der Waals surface area (Å²) in [4.78, 5) is 24.2. The van der Waals surface area contributed by atoms with Gasteiger partial charge in [-0.1, -0.05) is 6.07 Å². The number of ketones is 1. The molecule has 2 heterocycles. The third-order valence-corrected chi connectivity index (χ3v) is 4.12. The monoisotopic (exact) mass is 236 g/mol. The summed E-state index contributed by atoms with van der Waals surface area (Å²) in [5.74, 6) is -0.0591. The van der Waals surface area contributed by atoms with E-state index in [1.807, 2.05) is 17.5 Å². The summed E-state index contributed by atoms with van der Waals surface area (Å²) in [6.07, 6.45) is 0.766. The van der Waals surface area contributed by atoms with Crippen LogP contribution < -0.4 is 0 Å². The first-order valence-electron chi connectivity index (χ1n) is 4.35. The van der Waals surface area contributed by atoms with Crippen LogP contribution in [0.3, 0.4) is 0 Å². The molecule has 0 fully saturated rings. The molecule has 15 heavy (non-hydrogen) atoms. The van der Waals surface area contributed by atoms with Crippen LogP contribution >= 0.6 is 22.7 Å². The molecule has 0 bridgehead atoms. The minimum atomic E-state index is -0.0591. The number of hydrogen-bond donors (Lipinski definition) is 0. The maximum atomic E-state index is 11.3. The molecule has 0 saturated carbocycles. The second-order valence-corrected chi connectivity index (χ2v) is 4.87. The summed E-state index contributed by atoms with van der Waals surface area (Å²) in [5, 5.41) is 3.71. The predicted molar refractivity (Wildman–Crippen MR) is 63.0 cm³/mol. The van der Waals surface area contributed by atoms with E-state index in [1.165, 1.54) is 18.3 Å². The van der Waals surface area contributed by atoms with Crippen molar-refractivity contribution in [1.29, 1.82) is 0 Å². The summed E-state index contributed by atoms with van der Waals surface area (Å²) in [6, 6.07) is 3.88. The van der Waals surface area contributed by atoms with Crippen molar-refractivity contribution in [3.05, 3.63) is 34.0 Å². The molecule has 0 amide bonds. The van der Waals surface area contributed by atoms with Crippen molar-refractivity contribution in [2.24, 2.45) is 0 Å². The van der Waals surface area contributed by atoms with Crippen molar-refractivity contribution in [2.45, 2.75) is 6.92 Å². The average Bonchev–Trinajstić information content (AvgIpc) is 2.85. The van der Waals surface area contributed by atoms with Crippen LogP contribution in [-0.2, 0) is 0 Å². The van der Waals surface area contributed by atoms with Crippen molar-refractivity contribution in [2.75, 3.05) is 0 Å². The highest BCUT2D eigenvalue weighted by Crippen LogP contribution is 2.34. The smallest absolute Gasteiger partial charge is 0.161 e. The number of rotatable bonds is 3. The lowest BCUT2D eigenvalue weighted by Crippen LogP contribution is -1.94. The third kappa shape index (κ3) is 1.78. The number of aldehydes is 1. The molecule has 0 atom stereocenters. The van der Waals surface area contributed by atoms with Crippen LogP contribution in [0.5, 0.6) is 0 Å². The van der Waals surface area contributed by atoms with E-state index < -0.39 is 0 Å². The third-order valence-electron chi connectivity index (χ3n) is 2.07. The van der Waals surface area contributed by atoms with Gasteiger partial charge in [-0.2, -0.15) is 0 Å². The average molecular weight is 236 g/mol. The molecule has 2 aromatic heterocycles. The first-order valence-corrected chi connectivity index (χ1v) is 6.11. The second kappa shape index (κ2) is 4.08. The fourth-order valence-corrected chi connectivity index (χ4v) is 3.32. The molecule has 0 N–H and O–H groups in total. The standard InChI is InChI=1S/C11H8O2S2/c1-7(13)9-6-15-11(8(9)5-12)10-3-2-4-14-10/h2-6H,1H3. The van der Waals surface area contributed by atoms with E-state index in [1.54, 1.807) is 16.7 Å². The largest absolute Gasteiger partial charge is 0.298 e. The summed E-state index contributed by atoms with van der Waals surface area (Å²) >= 11 is 3.02. The van der Waals surface area contributed by atoms with Gasteiger partial charge in [0.15, 0.2) is 12.1 Å². The molecule has 0 spiro atoms. The van der Waals surface area contributed by atoms with E-state index in [4.69, 9.17) is 0 Å². The van der Waals surface area contributed by atoms with E-state index in [2.05, 4.69) is 0 Å². The van der Waals surface area contributed by atoms with Gasteiger partial charge >= 0.3 is 0 Å². The molecule has 0 radical (unpaired) electrons. The van der Waals surface area contributed by atoms with Crippen LogP contribution in [0.2, 0.25) is 0 Å². The highest BCUT2D eigenvalue weighted by Gasteiger charge is 2.15. The van der Waals surface area contributed by atoms with Crippen LogP contribution in [0, 0.1) is 0 Å². The molecule has 2 nitrogen and oxygen atoms in total. The zero-order valence-corrected chi connectivity index (χ0v) is 9.65. The van der Waals surface area contributed by atoms with Gasteiger partial charge in [-0.05, 0) is 18.4 Å². The van der Waals surface area contributed by atoms with Crippen LogP contribution in [0.1, 0.15) is 27.6 Å². The predicted octanol–water partition coefficient (Wildman–Crippen LogP) is 3.49. The number of carbonyl (C=O) groups excluding carboxylic acids is 2. The van der Waals surface area contributed by atoms with E-state index in [-0.39, 0.29) is 5.78 Å². The first kappa shape index (κ1) is 10.3. The molecular formula is C11H8O2S2. The van der Waals surface area contributed by atoms with Gasteiger partial charge in [0.1, 0.15) is 0 Å². The fraction of sp³-hybridized carbons (Fsp3) is 0.0909. The summed E-state index contributed by atoms with van der Waals surface area (Å²) in [6.45, 7) is 1.48. The lowest BCUT2D eigenvalue weighted by Gasteiger charge is -1.95. The van der Waals surface area contributed by atoms with Gasteiger partial charge in [-0.15, -0.1) is 22.7 Å². The Kier molecular flexibility index (Phi) is 2.79. The van der Waals surface area contributed by atoms with Gasteiger partial charge in [0, 0.05) is 21.4 Å². The highest BCUT2D eigenvalue weighted by molar-refractivity contribution is 7.20. The minimum absolute atomic E-state index is 0.0591. The fourth-order valence-electron chi connectivity index (χ4n) is 1.36. The Morgan fingerprint density at radius 1 is 1.40 bits per heavy atom. The molecule has 0 aliphatic carbocycles. The van der Waals surface area contributed by atoms with Crippen LogP contribution in [0.4, 0.5) is 0 Å². The molecule has 0 saturated heterocycles. The van der Waals surface area contributed by atoms with Gasteiger partial charge in [0.05, 0.1) is 4.88 Å². The van der Waals surface area contributed by atoms with E-state index in [0.717, 1.165) is 16.0 Å². The molecule has 0 unspecified atom stereocenters. The van der Waals surface area contributed by atoms with Crippen LogP contribution in [0.25, 0.3) is 9.75 Å². The summed E-state index contributed by atoms with van der Waals surface area (Å²) < 4.78 is 0. The van der Waals surface area contributed by atoms with E-state index in [0.29, 0.717) is 11.1 Å². The lowest BCUT2D eigenvalue weighted by molar-refractivity contribution is 0.101. The normalized spacial score (nSPS) is 10.2. The number of carbonyl (C=O) groups is 2. The molecule has 2 rings (SSSR count). The molecule has 0 aromatic carbocycles. The number of hydrogen-bond acceptors (Lipinski definition) is 4. The van der Waals surface area contributed by atoms with E-state index in [9.17, 15) is 9.59 Å². The Labute approximate surface area is 95.2 Å². The topological polar surface area (TPSA) is 34.1 Å². The van der Waals surface area contributed by atoms with Gasteiger partial charge in [-0.25, -0.2) is 0 Å². The van der Waals surface area contributed by atoms with Crippen molar-refractivity contribution in [3.63, 3.8) is 0 Å². The number of Topliss-reactive ketones (excluding diaryl/α,β-unsaturated/α-hetero) is 1. The summed E-state index contributed by atoms with van der Waals surface area (Å²) in [7, 11) is 0. The Bertz CT molecular complexity index is 495. The Balaban J connectivity index is 2.59. The van der Waals surface area contributed by atoms with Gasteiger partial charge in [0.2, 0.25) is 0 Å². The van der Waals surface area contributed by atoms with Gasteiger partial charge < -0.3 is 0 Å². The molecule has 4 heteroatoms. The molecule has 76 valence electrons. The first-order chi connectivity index (χ1) is 7.24. The Hall–Kier alpha value is -1.26. The lowest BCUT2D eigenvalue weighted by atomic mass is 10.1. The van der Waals surface area contributed by atoms with Gasteiger partial charge in [0.25, 0.3) is 0 Å². The zero-order valence-electron chi connectivity index (χ0n) is 8.02. The van der Waals surface area contributed by atoms with Crippen LogP contribution in [-0.4, -0.2) is 12.1 Å². The van der Waals surface area contributed by atoms with Crippen molar-refractivity contribution >= 4 is 34.7 Å². The zero-order chi connectivity index (χ0) is 10.8. The molecule has 2 aromatic rings.